The molecule has 0 unspecified atom stereocenters. The molecule has 1 saturated heterocycles. The van der Waals surface area contributed by atoms with Crippen molar-refractivity contribution in [2.45, 2.75) is 38.6 Å². The van der Waals surface area contributed by atoms with Crippen LogP contribution >= 0.6 is 0 Å². The molecule has 28 heavy (non-hydrogen) atoms. The van der Waals surface area contributed by atoms with Crippen LogP contribution in [-0.2, 0) is 11.2 Å². The summed E-state index contributed by atoms with van der Waals surface area (Å²) in [6, 6.07) is 16.1. The minimum absolute atomic E-state index is 0.0680. The molecular weight excluding hydrogens is 355 g/mol. The van der Waals surface area contributed by atoms with Gasteiger partial charge in [-0.2, -0.15) is 0 Å². The van der Waals surface area contributed by atoms with Gasteiger partial charge in [0.25, 0.3) is 5.91 Å². The first-order valence-electron chi connectivity index (χ1n) is 9.92. The molecule has 0 radical (unpaired) electrons. The van der Waals surface area contributed by atoms with Gasteiger partial charge in [0.15, 0.2) is 0 Å². The van der Waals surface area contributed by atoms with Crippen molar-refractivity contribution in [2.24, 2.45) is 5.92 Å². The first-order valence-corrected chi connectivity index (χ1v) is 9.92. The Labute approximate surface area is 165 Å². The number of piperidine rings is 1. The predicted octanol–water partition coefficient (Wildman–Crippen LogP) is 3.82. The van der Waals surface area contributed by atoms with Crippen LogP contribution in [0.5, 0.6) is 0 Å². The Balaban J connectivity index is 1.43. The quantitative estimate of drug-likeness (QED) is 0.826. The number of carbonyl (C=O) groups is 2. The molecule has 0 aromatic heterocycles. The standard InChI is InChI=1S/C23H27FN2O2/c1-17(10-11-18-6-3-2-4-7-18)25-22(27)19-12-14-26(15-13-19)23(28)20-8-5-9-21(24)16-20/h2-9,16-17,19H,10-15H2,1H3,(H,25,27)/t17-/m0/s1. The molecule has 0 bridgehead atoms. The van der Waals surface area contributed by atoms with E-state index < -0.39 is 5.82 Å². The number of hydrogen-bond acceptors (Lipinski definition) is 2. The summed E-state index contributed by atoms with van der Waals surface area (Å²) in [6.45, 7) is 3.07. The number of amides is 2. The molecule has 1 heterocycles. The molecule has 148 valence electrons. The summed E-state index contributed by atoms with van der Waals surface area (Å²) in [6.07, 6.45) is 3.10. The van der Waals surface area contributed by atoms with E-state index in [1.807, 2.05) is 25.1 Å². The molecule has 0 saturated carbocycles. The van der Waals surface area contributed by atoms with Crippen LogP contribution < -0.4 is 5.32 Å². The third-order valence-corrected chi connectivity index (χ3v) is 5.32. The van der Waals surface area contributed by atoms with Crippen LogP contribution in [0.2, 0.25) is 0 Å². The highest BCUT2D eigenvalue weighted by atomic mass is 19.1. The average Bonchev–Trinajstić information content (AvgIpc) is 2.72. The molecule has 1 atom stereocenters. The van der Waals surface area contributed by atoms with Crippen molar-refractivity contribution in [3.05, 3.63) is 71.5 Å². The largest absolute Gasteiger partial charge is 0.353 e. The van der Waals surface area contributed by atoms with Gasteiger partial charge in [0.2, 0.25) is 5.91 Å². The number of aryl methyl sites for hydroxylation is 1. The molecule has 3 rings (SSSR count). The van der Waals surface area contributed by atoms with Crippen molar-refractivity contribution in [3.63, 3.8) is 0 Å². The lowest BCUT2D eigenvalue weighted by Gasteiger charge is -2.32. The van der Waals surface area contributed by atoms with Gasteiger partial charge in [0.05, 0.1) is 0 Å². The maximum absolute atomic E-state index is 13.3. The van der Waals surface area contributed by atoms with Gasteiger partial charge in [-0.25, -0.2) is 4.39 Å². The zero-order valence-electron chi connectivity index (χ0n) is 16.2. The summed E-state index contributed by atoms with van der Waals surface area (Å²) >= 11 is 0. The Hall–Kier alpha value is -2.69. The van der Waals surface area contributed by atoms with Crippen molar-refractivity contribution in [2.75, 3.05) is 13.1 Å². The Morgan fingerprint density at radius 1 is 1.11 bits per heavy atom. The normalized spacial score (nSPS) is 15.9. The summed E-state index contributed by atoms with van der Waals surface area (Å²) in [5, 5.41) is 3.11. The van der Waals surface area contributed by atoms with E-state index in [1.165, 1.54) is 17.7 Å². The summed E-state index contributed by atoms with van der Waals surface area (Å²) in [5.41, 5.74) is 1.63. The lowest BCUT2D eigenvalue weighted by atomic mass is 9.94. The van der Waals surface area contributed by atoms with Gasteiger partial charge in [-0.1, -0.05) is 36.4 Å². The molecule has 5 heteroatoms. The van der Waals surface area contributed by atoms with E-state index in [0.29, 0.717) is 31.5 Å². The monoisotopic (exact) mass is 382 g/mol. The molecule has 0 aliphatic carbocycles. The summed E-state index contributed by atoms with van der Waals surface area (Å²) in [7, 11) is 0. The minimum atomic E-state index is -0.412. The van der Waals surface area contributed by atoms with Crippen molar-refractivity contribution < 1.29 is 14.0 Å². The Kier molecular flexibility index (Phi) is 6.80. The fourth-order valence-electron chi connectivity index (χ4n) is 3.61. The molecule has 1 N–H and O–H groups in total. The number of rotatable bonds is 6. The molecule has 1 fully saturated rings. The minimum Gasteiger partial charge on any atom is -0.353 e. The number of nitrogens with one attached hydrogen (secondary N) is 1. The lowest BCUT2D eigenvalue weighted by molar-refractivity contribution is -0.126. The van der Waals surface area contributed by atoms with E-state index in [0.717, 1.165) is 12.8 Å². The smallest absolute Gasteiger partial charge is 0.253 e. The molecule has 2 aromatic carbocycles. The molecule has 1 aliphatic rings. The SMILES string of the molecule is C[C@@H](CCc1ccccc1)NC(=O)C1CCN(C(=O)c2cccc(F)c2)CC1. The van der Waals surface area contributed by atoms with Crippen molar-refractivity contribution >= 4 is 11.8 Å². The Morgan fingerprint density at radius 2 is 1.82 bits per heavy atom. The zero-order chi connectivity index (χ0) is 19.9. The van der Waals surface area contributed by atoms with E-state index in [2.05, 4.69) is 17.4 Å². The summed E-state index contributed by atoms with van der Waals surface area (Å²) < 4.78 is 13.3. The molecule has 0 spiro atoms. The van der Waals surface area contributed by atoms with Gasteiger partial charge < -0.3 is 10.2 Å². The van der Waals surface area contributed by atoms with Crippen LogP contribution in [0.3, 0.4) is 0 Å². The molecule has 2 amide bonds. The van der Waals surface area contributed by atoms with Crippen LogP contribution in [-0.4, -0.2) is 35.8 Å². The van der Waals surface area contributed by atoms with E-state index >= 15 is 0 Å². The van der Waals surface area contributed by atoms with Gasteiger partial charge in [0, 0.05) is 30.6 Å². The number of benzene rings is 2. The van der Waals surface area contributed by atoms with Crippen LogP contribution in [0.15, 0.2) is 54.6 Å². The van der Waals surface area contributed by atoms with Crippen molar-refractivity contribution in [1.29, 1.82) is 0 Å². The van der Waals surface area contributed by atoms with Gasteiger partial charge in [-0.05, 0) is 56.4 Å². The van der Waals surface area contributed by atoms with E-state index in [1.54, 1.807) is 17.0 Å². The van der Waals surface area contributed by atoms with Crippen molar-refractivity contribution in [3.8, 4) is 0 Å². The van der Waals surface area contributed by atoms with Gasteiger partial charge in [-0.3, -0.25) is 9.59 Å². The summed E-state index contributed by atoms with van der Waals surface area (Å²) in [4.78, 5) is 26.7. The molecule has 4 nitrogen and oxygen atoms in total. The lowest BCUT2D eigenvalue weighted by Crippen LogP contribution is -2.44. The number of halogens is 1. The Bertz CT molecular complexity index is 801. The average molecular weight is 382 g/mol. The fraction of sp³-hybridized carbons (Fsp3) is 0.391. The summed E-state index contributed by atoms with van der Waals surface area (Å²) in [5.74, 6) is -0.589. The van der Waals surface area contributed by atoms with Crippen LogP contribution in [0.4, 0.5) is 4.39 Å². The van der Waals surface area contributed by atoms with Crippen molar-refractivity contribution in [1.82, 2.24) is 10.2 Å². The predicted molar refractivity (Wildman–Crippen MR) is 107 cm³/mol. The van der Waals surface area contributed by atoms with Gasteiger partial charge in [-0.15, -0.1) is 0 Å². The molecular formula is C23H27FN2O2. The third-order valence-electron chi connectivity index (χ3n) is 5.32. The highest BCUT2D eigenvalue weighted by molar-refractivity contribution is 5.94. The second kappa shape index (κ2) is 9.49. The maximum atomic E-state index is 13.3. The number of nitrogens with zero attached hydrogens (tertiary/aromatic N) is 1. The van der Waals surface area contributed by atoms with Gasteiger partial charge in [0.1, 0.15) is 5.82 Å². The van der Waals surface area contributed by atoms with Crippen LogP contribution in [0.25, 0.3) is 0 Å². The first kappa shape index (κ1) is 20.1. The first-order chi connectivity index (χ1) is 13.5. The van der Waals surface area contributed by atoms with E-state index in [4.69, 9.17) is 0 Å². The topological polar surface area (TPSA) is 49.4 Å². The van der Waals surface area contributed by atoms with E-state index in [-0.39, 0.29) is 23.8 Å². The molecule has 1 aliphatic heterocycles. The second-order valence-electron chi connectivity index (χ2n) is 7.51. The highest BCUT2D eigenvalue weighted by Crippen LogP contribution is 2.20. The van der Waals surface area contributed by atoms with Crippen LogP contribution in [0.1, 0.15) is 42.1 Å². The van der Waals surface area contributed by atoms with Gasteiger partial charge >= 0.3 is 0 Å². The third kappa shape index (κ3) is 5.41. The van der Waals surface area contributed by atoms with E-state index in [9.17, 15) is 14.0 Å². The number of carbonyl (C=O) groups excluding carboxylic acids is 2. The number of hydrogen-bond donors (Lipinski definition) is 1. The fourth-order valence-corrected chi connectivity index (χ4v) is 3.61. The second-order valence-corrected chi connectivity index (χ2v) is 7.51. The van der Waals surface area contributed by atoms with Crippen LogP contribution in [0, 0.1) is 11.7 Å². The molecule has 2 aromatic rings. The number of likely N-dealkylation sites (tertiary alicyclic amines) is 1. The Morgan fingerprint density at radius 3 is 2.50 bits per heavy atom. The maximum Gasteiger partial charge on any atom is 0.253 e. The highest BCUT2D eigenvalue weighted by Gasteiger charge is 2.28. The zero-order valence-corrected chi connectivity index (χ0v) is 16.2.